The molecule has 0 fully saturated rings. The summed E-state index contributed by atoms with van der Waals surface area (Å²) in [5.74, 6) is -0.398. The van der Waals surface area contributed by atoms with Gasteiger partial charge in [0.25, 0.3) is 5.91 Å². The normalized spacial score (nSPS) is 10.1. The number of nitrogen functional groups attached to an aromatic ring is 1. The highest BCUT2D eigenvalue weighted by molar-refractivity contribution is 9.10. The topological polar surface area (TPSA) is 68.0 Å². The van der Waals surface area contributed by atoms with Gasteiger partial charge < -0.3 is 11.1 Å². The molecule has 4 nitrogen and oxygen atoms in total. The first-order chi connectivity index (χ1) is 8.56. The molecule has 0 saturated carbocycles. The molecule has 0 aliphatic heterocycles. The molecule has 92 valence electrons. The van der Waals surface area contributed by atoms with E-state index in [1.54, 1.807) is 6.07 Å². The zero-order valence-electron chi connectivity index (χ0n) is 9.15. The summed E-state index contributed by atoms with van der Waals surface area (Å²) < 4.78 is 13.3. The fraction of sp³-hybridized carbons (Fsp3) is 0. The van der Waals surface area contributed by atoms with Crippen LogP contribution in [0, 0.1) is 5.82 Å². The van der Waals surface area contributed by atoms with E-state index < -0.39 is 5.82 Å². The highest BCUT2D eigenvalue weighted by Crippen LogP contribution is 2.22. The number of nitrogens with zero attached hydrogens (tertiary/aromatic N) is 1. The van der Waals surface area contributed by atoms with Crippen LogP contribution in [0.3, 0.4) is 0 Å². The number of carbonyl (C=O) groups is 1. The van der Waals surface area contributed by atoms with Crippen LogP contribution < -0.4 is 11.1 Å². The number of amides is 1. The standard InChI is InChI=1S/C12H9BrFN3O/c13-10-5-9(15)6-16-11(10)17-12(18)7-1-3-8(14)4-2-7/h1-6H,15H2,(H,16,17,18). The van der Waals surface area contributed by atoms with Crippen LogP contribution in [0.25, 0.3) is 0 Å². The van der Waals surface area contributed by atoms with Crippen LogP contribution in [0.1, 0.15) is 10.4 Å². The molecule has 0 spiro atoms. The van der Waals surface area contributed by atoms with Crippen molar-refractivity contribution in [2.24, 2.45) is 0 Å². The SMILES string of the molecule is Nc1cnc(NC(=O)c2ccc(F)cc2)c(Br)c1. The van der Waals surface area contributed by atoms with Crippen molar-refractivity contribution in [3.05, 3.63) is 52.4 Å². The molecule has 0 saturated heterocycles. The second kappa shape index (κ2) is 5.14. The summed E-state index contributed by atoms with van der Waals surface area (Å²) in [7, 11) is 0. The van der Waals surface area contributed by atoms with Gasteiger partial charge in [-0.25, -0.2) is 9.37 Å². The Morgan fingerprint density at radius 2 is 2.00 bits per heavy atom. The van der Waals surface area contributed by atoms with Crippen LogP contribution in [0.15, 0.2) is 41.0 Å². The summed E-state index contributed by atoms with van der Waals surface area (Å²) in [6.07, 6.45) is 1.44. The highest BCUT2D eigenvalue weighted by Gasteiger charge is 2.09. The molecular weight excluding hydrogens is 301 g/mol. The van der Waals surface area contributed by atoms with Gasteiger partial charge in [-0.1, -0.05) is 0 Å². The number of nitrogens with two attached hydrogens (primary N) is 1. The van der Waals surface area contributed by atoms with Crippen molar-refractivity contribution in [1.29, 1.82) is 0 Å². The van der Waals surface area contributed by atoms with Gasteiger partial charge in [0.1, 0.15) is 11.6 Å². The van der Waals surface area contributed by atoms with E-state index in [0.29, 0.717) is 21.5 Å². The number of aromatic nitrogens is 1. The molecule has 1 aromatic carbocycles. The number of rotatable bonds is 2. The van der Waals surface area contributed by atoms with Crippen molar-refractivity contribution in [3.8, 4) is 0 Å². The fourth-order valence-corrected chi connectivity index (χ4v) is 1.79. The first-order valence-corrected chi connectivity index (χ1v) is 5.83. The molecule has 0 atom stereocenters. The van der Waals surface area contributed by atoms with Gasteiger partial charge in [0.15, 0.2) is 0 Å². The molecule has 1 aromatic heterocycles. The van der Waals surface area contributed by atoms with Gasteiger partial charge in [-0.05, 0) is 46.3 Å². The van der Waals surface area contributed by atoms with Crippen molar-refractivity contribution in [2.75, 3.05) is 11.1 Å². The number of hydrogen-bond donors (Lipinski definition) is 2. The van der Waals surface area contributed by atoms with E-state index in [-0.39, 0.29) is 5.91 Å². The van der Waals surface area contributed by atoms with Crippen LogP contribution in [0.5, 0.6) is 0 Å². The smallest absolute Gasteiger partial charge is 0.256 e. The van der Waals surface area contributed by atoms with Crippen LogP contribution in [0.2, 0.25) is 0 Å². The van der Waals surface area contributed by atoms with Gasteiger partial charge >= 0.3 is 0 Å². The molecule has 0 radical (unpaired) electrons. The zero-order valence-corrected chi connectivity index (χ0v) is 10.7. The Morgan fingerprint density at radius 1 is 1.33 bits per heavy atom. The van der Waals surface area contributed by atoms with E-state index in [1.807, 2.05) is 0 Å². The second-order valence-electron chi connectivity index (χ2n) is 3.56. The van der Waals surface area contributed by atoms with Crippen molar-refractivity contribution in [2.45, 2.75) is 0 Å². The largest absolute Gasteiger partial charge is 0.397 e. The molecule has 2 rings (SSSR count). The number of hydrogen-bond acceptors (Lipinski definition) is 3. The molecule has 0 aliphatic rings. The lowest BCUT2D eigenvalue weighted by Crippen LogP contribution is -2.13. The van der Waals surface area contributed by atoms with Gasteiger partial charge in [0.05, 0.1) is 16.4 Å². The summed E-state index contributed by atoms with van der Waals surface area (Å²) >= 11 is 3.24. The van der Waals surface area contributed by atoms with Gasteiger partial charge in [0.2, 0.25) is 0 Å². The summed E-state index contributed by atoms with van der Waals surface area (Å²) in [5, 5.41) is 2.60. The van der Waals surface area contributed by atoms with Gasteiger partial charge in [0, 0.05) is 5.56 Å². The number of nitrogens with one attached hydrogen (secondary N) is 1. The Hall–Kier alpha value is -1.95. The minimum absolute atomic E-state index is 0.349. The lowest BCUT2D eigenvalue weighted by molar-refractivity contribution is 0.102. The average Bonchev–Trinajstić information content (AvgIpc) is 2.33. The molecular formula is C12H9BrFN3O. The summed E-state index contributed by atoms with van der Waals surface area (Å²) in [5.41, 5.74) is 6.38. The maximum atomic E-state index is 12.7. The molecule has 2 aromatic rings. The zero-order chi connectivity index (χ0) is 13.1. The number of anilines is 2. The molecule has 1 amide bonds. The maximum absolute atomic E-state index is 12.7. The Bertz CT molecular complexity index is 586. The van der Waals surface area contributed by atoms with Crippen molar-refractivity contribution in [3.63, 3.8) is 0 Å². The van der Waals surface area contributed by atoms with E-state index >= 15 is 0 Å². The van der Waals surface area contributed by atoms with Crippen LogP contribution in [-0.2, 0) is 0 Å². The molecule has 0 aliphatic carbocycles. The Balaban J connectivity index is 2.18. The van der Waals surface area contributed by atoms with E-state index in [1.165, 1.54) is 30.5 Å². The van der Waals surface area contributed by atoms with E-state index in [2.05, 4.69) is 26.2 Å². The Morgan fingerprint density at radius 3 is 2.61 bits per heavy atom. The van der Waals surface area contributed by atoms with E-state index in [0.717, 1.165) is 0 Å². The third-order valence-electron chi connectivity index (χ3n) is 2.20. The van der Waals surface area contributed by atoms with Crippen LogP contribution >= 0.6 is 15.9 Å². The van der Waals surface area contributed by atoms with Crippen molar-refractivity contribution < 1.29 is 9.18 Å². The predicted octanol–water partition coefficient (Wildman–Crippen LogP) is 2.82. The van der Waals surface area contributed by atoms with Gasteiger partial charge in [-0.15, -0.1) is 0 Å². The van der Waals surface area contributed by atoms with Crippen LogP contribution in [0.4, 0.5) is 15.9 Å². The molecule has 0 unspecified atom stereocenters. The molecule has 6 heteroatoms. The quantitative estimate of drug-likeness (QED) is 0.896. The monoisotopic (exact) mass is 309 g/mol. The minimum Gasteiger partial charge on any atom is -0.397 e. The van der Waals surface area contributed by atoms with Crippen molar-refractivity contribution >= 4 is 33.3 Å². The van der Waals surface area contributed by atoms with Gasteiger partial charge in [-0.2, -0.15) is 0 Å². The van der Waals surface area contributed by atoms with E-state index in [4.69, 9.17) is 5.73 Å². The van der Waals surface area contributed by atoms with Crippen molar-refractivity contribution in [1.82, 2.24) is 4.98 Å². The van der Waals surface area contributed by atoms with Crippen LogP contribution in [-0.4, -0.2) is 10.9 Å². The van der Waals surface area contributed by atoms with Gasteiger partial charge in [-0.3, -0.25) is 4.79 Å². The third kappa shape index (κ3) is 2.84. The summed E-state index contributed by atoms with van der Waals surface area (Å²) in [6, 6.07) is 6.87. The number of benzene rings is 1. The van der Waals surface area contributed by atoms with E-state index in [9.17, 15) is 9.18 Å². The number of pyridine rings is 1. The minimum atomic E-state index is -0.390. The molecule has 1 heterocycles. The molecule has 0 bridgehead atoms. The first kappa shape index (κ1) is 12.5. The maximum Gasteiger partial charge on any atom is 0.256 e. The third-order valence-corrected chi connectivity index (χ3v) is 2.81. The Kier molecular flexibility index (Phi) is 3.57. The second-order valence-corrected chi connectivity index (χ2v) is 4.41. The average molecular weight is 310 g/mol. The Labute approximate surface area is 111 Å². The summed E-state index contributed by atoms with van der Waals surface area (Å²) in [6.45, 7) is 0. The molecule has 18 heavy (non-hydrogen) atoms. The lowest BCUT2D eigenvalue weighted by atomic mass is 10.2. The molecule has 3 N–H and O–H groups in total. The highest BCUT2D eigenvalue weighted by atomic mass is 79.9. The number of halogens is 2. The number of carbonyl (C=O) groups excluding carboxylic acids is 1. The lowest BCUT2D eigenvalue weighted by Gasteiger charge is -2.06. The first-order valence-electron chi connectivity index (χ1n) is 5.04. The summed E-state index contributed by atoms with van der Waals surface area (Å²) in [4.78, 5) is 15.8. The predicted molar refractivity (Wildman–Crippen MR) is 70.7 cm³/mol. The fourth-order valence-electron chi connectivity index (χ4n) is 1.33.